The molecule has 0 amide bonds. The summed E-state index contributed by atoms with van der Waals surface area (Å²) >= 11 is 1.31. The van der Waals surface area contributed by atoms with Gasteiger partial charge in [-0.1, -0.05) is 11.8 Å². The number of carbonyl (C=O) groups is 1. The Morgan fingerprint density at radius 3 is 3.15 bits per heavy atom. The Morgan fingerprint density at radius 1 is 1.41 bits per heavy atom. The summed E-state index contributed by atoms with van der Waals surface area (Å²) in [6.45, 7) is 3.58. The number of halogens is 1. The van der Waals surface area contributed by atoms with E-state index in [-0.39, 0.29) is 17.5 Å². The van der Waals surface area contributed by atoms with Crippen LogP contribution < -0.4 is 4.90 Å². The minimum absolute atomic E-state index is 0.206. The van der Waals surface area contributed by atoms with Gasteiger partial charge in [-0.3, -0.25) is 9.78 Å². The Bertz CT molecular complexity index is 991. The monoisotopic (exact) mass is 386 g/mol. The van der Waals surface area contributed by atoms with E-state index in [1.54, 1.807) is 31.5 Å². The fraction of sp³-hybridized carbons (Fsp3) is 0.316. The molecule has 0 spiro atoms. The number of anilines is 1. The van der Waals surface area contributed by atoms with Gasteiger partial charge in [0.05, 0.1) is 24.8 Å². The summed E-state index contributed by atoms with van der Waals surface area (Å²) in [7, 11) is 0. The Hall–Kier alpha value is -2.61. The summed E-state index contributed by atoms with van der Waals surface area (Å²) in [5.74, 6) is 0.453. The summed E-state index contributed by atoms with van der Waals surface area (Å²) in [5.41, 5.74) is 3.20. The molecule has 0 aliphatic carbocycles. The van der Waals surface area contributed by atoms with Gasteiger partial charge in [0, 0.05) is 41.7 Å². The molecule has 0 radical (unpaired) electrons. The number of aromatic amines is 1. The number of carbonyl (C=O) groups excluding carboxylic acids is 1. The van der Waals surface area contributed by atoms with Crippen LogP contribution in [0.3, 0.4) is 0 Å². The second-order valence-electron chi connectivity index (χ2n) is 6.25. The fourth-order valence-corrected chi connectivity index (χ4v) is 3.92. The highest BCUT2D eigenvalue weighted by Crippen LogP contribution is 2.30. The molecule has 1 aromatic carbocycles. The van der Waals surface area contributed by atoms with Crippen LogP contribution in [0.5, 0.6) is 0 Å². The van der Waals surface area contributed by atoms with Gasteiger partial charge in [-0.25, -0.2) is 9.37 Å². The highest BCUT2D eigenvalue weighted by Gasteiger charge is 2.22. The molecule has 6 nitrogen and oxygen atoms in total. The fourth-order valence-electron chi connectivity index (χ4n) is 3.28. The van der Waals surface area contributed by atoms with Gasteiger partial charge in [0.25, 0.3) is 0 Å². The smallest absolute Gasteiger partial charge is 0.316 e. The standard InChI is InChI=1S/C19H19FN4O2S/c1-2-26-19(25)11-27-18-9-21-8-17(23-18)24-6-5-16-14(10-24)13-7-12(20)3-4-15(13)22-16/h3-4,7-9,22H,2,5-6,10-11H2,1H3. The zero-order valence-corrected chi connectivity index (χ0v) is 15.7. The van der Waals surface area contributed by atoms with Gasteiger partial charge in [-0.15, -0.1) is 0 Å². The van der Waals surface area contributed by atoms with Crippen LogP contribution >= 0.6 is 11.8 Å². The zero-order chi connectivity index (χ0) is 18.8. The maximum atomic E-state index is 13.7. The number of rotatable bonds is 5. The van der Waals surface area contributed by atoms with Crippen LogP contribution in [0.2, 0.25) is 0 Å². The molecule has 140 valence electrons. The van der Waals surface area contributed by atoms with Crippen LogP contribution in [0.15, 0.2) is 35.6 Å². The number of esters is 1. The minimum atomic E-state index is -0.266. The van der Waals surface area contributed by atoms with Crippen molar-refractivity contribution >= 4 is 34.5 Å². The number of benzene rings is 1. The van der Waals surface area contributed by atoms with Crippen molar-refractivity contribution in [2.24, 2.45) is 0 Å². The lowest BCUT2D eigenvalue weighted by molar-refractivity contribution is -0.139. The maximum Gasteiger partial charge on any atom is 0.316 e. The van der Waals surface area contributed by atoms with Gasteiger partial charge in [0.2, 0.25) is 0 Å². The van der Waals surface area contributed by atoms with Crippen molar-refractivity contribution in [3.05, 3.63) is 47.7 Å². The molecular weight excluding hydrogens is 367 g/mol. The number of thioether (sulfide) groups is 1. The highest BCUT2D eigenvalue weighted by atomic mass is 32.2. The van der Waals surface area contributed by atoms with Crippen molar-refractivity contribution in [1.82, 2.24) is 15.0 Å². The SMILES string of the molecule is CCOC(=O)CSc1cncc(N2CCc3[nH]c4ccc(F)cc4c3C2)n1. The second kappa shape index (κ2) is 7.56. The van der Waals surface area contributed by atoms with E-state index < -0.39 is 0 Å². The normalized spacial score (nSPS) is 13.6. The molecule has 0 saturated heterocycles. The summed E-state index contributed by atoms with van der Waals surface area (Å²) < 4.78 is 18.6. The van der Waals surface area contributed by atoms with Crippen molar-refractivity contribution < 1.29 is 13.9 Å². The summed E-state index contributed by atoms with van der Waals surface area (Å²) in [4.78, 5) is 25.9. The predicted molar refractivity (Wildman–Crippen MR) is 102 cm³/mol. The number of aromatic nitrogens is 3. The first-order valence-corrected chi connectivity index (χ1v) is 9.77. The molecule has 0 unspecified atom stereocenters. The largest absolute Gasteiger partial charge is 0.465 e. The Labute approximate surface area is 160 Å². The van der Waals surface area contributed by atoms with Crippen LogP contribution in [-0.2, 0) is 22.5 Å². The van der Waals surface area contributed by atoms with E-state index in [2.05, 4.69) is 19.9 Å². The Balaban J connectivity index is 1.53. The third-order valence-corrected chi connectivity index (χ3v) is 5.38. The molecular formula is C19H19FN4O2S. The van der Waals surface area contributed by atoms with E-state index in [1.165, 1.54) is 17.8 Å². The van der Waals surface area contributed by atoms with Crippen LogP contribution in [0, 0.1) is 5.82 Å². The minimum Gasteiger partial charge on any atom is -0.465 e. The predicted octanol–water partition coefficient (Wildman–Crippen LogP) is 3.31. The van der Waals surface area contributed by atoms with Gasteiger partial charge in [-0.2, -0.15) is 0 Å². The molecule has 1 aliphatic rings. The van der Waals surface area contributed by atoms with Crippen molar-refractivity contribution in [2.75, 3.05) is 23.8 Å². The molecule has 4 rings (SSSR count). The summed E-state index contributed by atoms with van der Waals surface area (Å²) in [5, 5.41) is 1.59. The number of ether oxygens (including phenoxy) is 1. The van der Waals surface area contributed by atoms with E-state index in [0.29, 0.717) is 18.2 Å². The lowest BCUT2D eigenvalue weighted by Crippen LogP contribution is -2.31. The summed E-state index contributed by atoms with van der Waals surface area (Å²) in [6, 6.07) is 4.82. The molecule has 2 aromatic heterocycles. The second-order valence-corrected chi connectivity index (χ2v) is 7.25. The number of fused-ring (bicyclic) bond motifs is 3. The van der Waals surface area contributed by atoms with Crippen LogP contribution in [0.25, 0.3) is 10.9 Å². The van der Waals surface area contributed by atoms with E-state index in [1.807, 2.05) is 0 Å². The Morgan fingerprint density at radius 2 is 2.30 bits per heavy atom. The topological polar surface area (TPSA) is 71.1 Å². The number of hydrogen-bond acceptors (Lipinski definition) is 6. The number of nitrogens with zero attached hydrogens (tertiary/aromatic N) is 3. The molecule has 0 atom stereocenters. The average Bonchev–Trinajstić information content (AvgIpc) is 3.04. The lowest BCUT2D eigenvalue weighted by atomic mass is 10.0. The first-order valence-electron chi connectivity index (χ1n) is 8.78. The molecule has 0 saturated carbocycles. The van der Waals surface area contributed by atoms with Crippen LogP contribution in [0.1, 0.15) is 18.2 Å². The van der Waals surface area contributed by atoms with Crippen molar-refractivity contribution in [3.8, 4) is 0 Å². The van der Waals surface area contributed by atoms with Gasteiger partial charge in [0.15, 0.2) is 0 Å². The van der Waals surface area contributed by atoms with E-state index in [4.69, 9.17) is 4.74 Å². The van der Waals surface area contributed by atoms with Crippen LogP contribution in [-0.4, -0.2) is 39.8 Å². The molecule has 1 N–H and O–H groups in total. The van der Waals surface area contributed by atoms with Crippen LogP contribution in [0.4, 0.5) is 10.2 Å². The van der Waals surface area contributed by atoms with E-state index in [9.17, 15) is 9.18 Å². The number of nitrogens with one attached hydrogen (secondary N) is 1. The third kappa shape index (κ3) is 3.75. The number of H-pyrrole nitrogens is 1. The highest BCUT2D eigenvalue weighted by molar-refractivity contribution is 7.99. The zero-order valence-electron chi connectivity index (χ0n) is 14.9. The number of hydrogen-bond donors (Lipinski definition) is 1. The molecule has 1 aliphatic heterocycles. The quantitative estimate of drug-likeness (QED) is 0.536. The van der Waals surface area contributed by atoms with Crippen molar-refractivity contribution in [3.63, 3.8) is 0 Å². The van der Waals surface area contributed by atoms with Gasteiger partial charge in [-0.05, 0) is 25.1 Å². The molecule has 3 heterocycles. The first kappa shape index (κ1) is 17.8. The van der Waals surface area contributed by atoms with Gasteiger partial charge < -0.3 is 14.6 Å². The Kier molecular flexibility index (Phi) is 4.98. The maximum absolute atomic E-state index is 13.7. The molecule has 27 heavy (non-hydrogen) atoms. The lowest BCUT2D eigenvalue weighted by Gasteiger charge is -2.28. The average molecular weight is 386 g/mol. The molecule has 0 fully saturated rings. The van der Waals surface area contributed by atoms with Crippen molar-refractivity contribution in [1.29, 1.82) is 0 Å². The molecule has 8 heteroatoms. The molecule has 3 aromatic rings. The van der Waals surface area contributed by atoms with Crippen molar-refractivity contribution in [2.45, 2.75) is 24.9 Å². The van der Waals surface area contributed by atoms with Gasteiger partial charge in [0.1, 0.15) is 16.7 Å². The third-order valence-electron chi connectivity index (χ3n) is 4.50. The summed E-state index contributed by atoms with van der Waals surface area (Å²) in [6.07, 6.45) is 4.19. The first-order chi connectivity index (χ1) is 13.1. The van der Waals surface area contributed by atoms with E-state index in [0.717, 1.165) is 40.9 Å². The van der Waals surface area contributed by atoms with Gasteiger partial charge >= 0.3 is 5.97 Å². The van der Waals surface area contributed by atoms with E-state index >= 15 is 0 Å². The molecule has 0 bridgehead atoms.